The van der Waals surface area contributed by atoms with E-state index in [-0.39, 0.29) is 6.04 Å². The highest BCUT2D eigenvalue weighted by atomic mass is 35.5. The van der Waals surface area contributed by atoms with Gasteiger partial charge in [-0.2, -0.15) is 0 Å². The molecule has 0 bridgehead atoms. The van der Waals surface area contributed by atoms with E-state index in [1.54, 1.807) is 6.07 Å². The Hall–Kier alpha value is -1.06. The van der Waals surface area contributed by atoms with Gasteiger partial charge in [-0.25, -0.2) is 0 Å². The van der Waals surface area contributed by atoms with Gasteiger partial charge in [-0.1, -0.05) is 59.6 Å². The van der Waals surface area contributed by atoms with Crippen LogP contribution in [-0.4, -0.2) is 6.04 Å². The predicted octanol–water partition coefficient (Wildman–Crippen LogP) is 4.39. The van der Waals surface area contributed by atoms with E-state index in [9.17, 15) is 0 Å². The van der Waals surface area contributed by atoms with E-state index in [2.05, 4.69) is 29.7 Å². The lowest BCUT2D eigenvalue weighted by Gasteiger charge is -2.16. The van der Waals surface area contributed by atoms with Crippen molar-refractivity contribution < 1.29 is 0 Å². The molecule has 0 aromatic heterocycles. The molecule has 0 saturated heterocycles. The molecule has 0 aliphatic rings. The number of halogens is 2. The maximum atomic E-state index is 6.21. The molecule has 0 spiro atoms. The van der Waals surface area contributed by atoms with E-state index >= 15 is 0 Å². The first-order valence-electron chi connectivity index (χ1n) is 7.13. The highest BCUT2D eigenvalue weighted by molar-refractivity contribution is 6.35. The van der Waals surface area contributed by atoms with Crippen LogP contribution in [0.15, 0.2) is 48.5 Å². The Morgan fingerprint density at radius 1 is 1.05 bits per heavy atom. The molecule has 0 aliphatic carbocycles. The van der Waals surface area contributed by atoms with Crippen molar-refractivity contribution in [3.63, 3.8) is 0 Å². The SMILES string of the molecule is NNC(CCCc1ccccc1)Cc1ccc(Cl)cc1Cl. The summed E-state index contributed by atoms with van der Waals surface area (Å²) in [7, 11) is 0. The van der Waals surface area contributed by atoms with Gasteiger partial charge in [0.15, 0.2) is 0 Å². The van der Waals surface area contributed by atoms with Crippen LogP contribution in [0.5, 0.6) is 0 Å². The zero-order valence-corrected chi connectivity index (χ0v) is 13.4. The van der Waals surface area contributed by atoms with E-state index in [0.717, 1.165) is 31.2 Å². The minimum absolute atomic E-state index is 0.215. The second kappa shape index (κ2) is 8.40. The standard InChI is InChI=1S/C17H20Cl2N2/c18-15-10-9-14(17(19)12-15)11-16(21-20)8-4-7-13-5-2-1-3-6-13/h1-3,5-6,9-10,12,16,21H,4,7-8,11,20H2. The van der Waals surface area contributed by atoms with Crippen LogP contribution in [-0.2, 0) is 12.8 Å². The summed E-state index contributed by atoms with van der Waals surface area (Å²) in [6.07, 6.45) is 3.96. The lowest BCUT2D eigenvalue weighted by Crippen LogP contribution is -2.36. The Morgan fingerprint density at radius 2 is 1.81 bits per heavy atom. The third kappa shape index (κ3) is 5.33. The van der Waals surface area contributed by atoms with Crippen LogP contribution < -0.4 is 11.3 Å². The summed E-state index contributed by atoms with van der Waals surface area (Å²) in [5.74, 6) is 5.66. The molecule has 112 valence electrons. The van der Waals surface area contributed by atoms with Crippen LogP contribution in [0.4, 0.5) is 0 Å². The molecule has 4 heteroatoms. The van der Waals surface area contributed by atoms with Gasteiger partial charge >= 0.3 is 0 Å². The molecule has 0 radical (unpaired) electrons. The van der Waals surface area contributed by atoms with Crippen LogP contribution in [0, 0.1) is 0 Å². The smallest absolute Gasteiger partial charge is 0.0453 e. The lowest BCUT2D eigenvalue weighted by atomic mass is 9.99. The molecule has 0 heterocycles. The molecule has 2 nitrogen and oxygen atoms in total. The van der Waals surface area contributed by atoms with Gasteiger partial charge in [-0.15, -0.1) is 0 Å². The quantitative estimate of drug-likeness (QED) is 0.586. The summed E-state index contributed by atoms with van der Waals surface area (Å²) in [5, 5.41) is 1.36. The molecule has 1 unspecified atom stereocenters. The number of nitrogens with two attached hydrogens (primary N) is 1. The van der Waals surface area contributed by atoms with Gasteiger partial charge in [-0.05, 0) is 48.9 Å². The van der Waals surface area contributed by atoms with Gasteiger partial charge in [0.05, 0.1) is 0 Å². The zero-order valence-electron chi connectivity index (χ0n) is 11.9. The fourth-order valence-electron chi connectivity index (χ4n) is 2.39. The molecular weight excluding hydrogens is 303 g/mol. The van der Waals surface area contributed by atoms with E-state index in [1.165, 1.54) is 5.56 Å². The number of hydrazine groups is 1. The second-order valence-corrected chi connectivity index (χ2v) is 6.02. The first kappa shape index (κ1) is 16.3. The zero-order chi connectivity index (χ0) is 15.1. The maximum Gasteiger partial charge on any atom is 0.0453 e. The van der Waals surface area contributed by atoms with E-state index in [1.807, 2.05) is 18.2 Å². The summed E-state index contributed by atoms with van der Waals surface area (Å²) >= 11 is 12.1. The fraction of sp³-hybridized carbons (Fsp3) is 0.294. The normalized spacial score (nSPS) is 12.3. The molecule has 2 aromatic carbocycles. The first-order valence-corrected chi connectivity index (χ1v) is 7.88. The van der Waals surface area contributed by atoms with Crippen molar-refractivity contribution in [2.24, 2.45) is 5.84 Å². The molecule has 0 fully saturated rings. The van der Waals surface area contributed by atoms with Crippen molar-refractivity contribution in [3.05, 3.63) is 69.7 Å². The summed E-state index contributed by atoms with van der Waals surface area (Å²) in [4.78, 5) is 0. The van der Waals surface area contributed by atoms with Gasteiger partial charge in [0.25, 0.3) is 0 Å². The molecule has 3 N–H and O–H groups in total. The highest BCUT2D eigenvalue weighted by Gasteiger charge is 2.10. The van der Waals surface area contributed by atoms with Crippen LogP contribution in [0.25, 0.3) is 0 Å². The predicted molar refractivity (Wildman–Crippen MR) is 90.7 cm³/mol. The molecule has 2 aromatic rings. The van der Waals surface area contributed by atoms with E-state index < -0.39 is 0 Å². The Labute approximate surface area is 136 Å². The first-order chi connectivity index (χ1) is 10.2. The van der Waals surface area contributed by atoms with Crippen molar-refractivity contribution >= 4 is 23.2 Å². The second-order valence-electron chi connectivity index (χ2n) is 5.18. The van der Waals surface area contributed by atoms with Crippen molar-refractivity contribution in [1.82, 2.24) is 5.43 Å². The molecule has 0 saturated carbocycles. The third-order valence-corrected chi connectivity index (χ3v) is 4.16. The van der Waals surface area contributed by atoms with Gasteiger partial charge in [0.2, 0.25) is 0 Å². The minimum atomic E-state index is 0.215. The number of rotatable bonds is 7. The van der Waals surface area contributed by atoms with Crippen molar-refractivity contribution in [1.29, 1.82) is 0 Å². The number of hydrogen-bond acceptors (Lipinski definition) is 2. The largest absolute Gasteiger partial charge is 0.271 e. The fourth-order valence-corrected chi connectivity index (χ4v) is 2.88. The highest BCUT2D eigenvalue weighted by Crippen LogP contribution is 2.23. The van der Waals surface area contributed by atoms with Gasteiger partial charge in [0, 0.05) is 16.1 Å². The van der Waals surface area contributed by atoms with Gasteiger partial charge in [-0.3, -0.25) is 11.3 Å². The van der Waals surface area contributed by atoms with Crippen molar-refractivity contribution in [2.45, 2.75) is 31.7 Å². The maximum absolute atomic E-state index is 6.21. The van der Waals surface area contributed by atoms with Crippen LogP contribution in [0.1, 0.15) is 24.0 Å². The Kier molecular flexibility index (Phi) is 6.52. The average molecular weight is 323 g/mol. The van der Waals surface area contributed by atoms with Gasteiger partial charge in [0.1, 0.15) is 0 Å². The lowest BCUT2D eigenvalue weighted by molar-refractivity contribution is 0.476. The number of aryl methyl sites for hydroxylation is 1. The van der Waals surface area contributed by atoms with Crippen molar-refractivity contribution in [3.8, 4) is 0 Å². The van der Waals surface area contributed by atoms with Crippen molar-refractivity contribution in [2.75, 3.05) is 0 Å². The summed E-state index contributed by atoms with van der Waals surface area (Å²) in [5.41, 5.74) is 5.32. The van der Waals surface area contributed by atoms with Crippen LogP contribution in [0.2, 0.25) is 10.0 Å². The Balaban J connectivity index is 1.85. The molecule has 21 heavy (non-hydrogen) atoms. The van der Waals surface area contributed by atoms with E-state index in [4.69, 9.17) is 29.0 Å². The third-order valence-electron chi connectivity index (χ3n) is 3.58. The van der Waals surface area contributed by atoms with Crippen LogP contribution >= 0.6 is 23.2 Å². The monoisotopic (exact) mass is 322 g/mol. The minimum Gasteiger partial charge on any atom is -0.271 e. The number of hydrogen-bond donors (Lipinski definition) is 2. The number of nitrogens with one attached hydrogen (secondary N) is 1. The Morgan fingerprint density at radius 3 is 2.48 bits per heavy atom. The van der Waals surface area contributed by atoms with E-state index in [0.29, 0.717) is 10.0 Å². The summed E-state index contributed by atoms with van der Waals surface area (Å²) in [6, 6.07) is 16.3. The molecule has 1 atom stereocenters. The number of benzene rings is 2. The molecule has 0 amide bonds. The Bertz CT molecular complexity index is 558. The topological polar surface area (TPSA) is 38.0 Å². The summed E-state index contributed by atoms with van der Waals surface area (Å²) < 4.78 is 0. The summed E-state index contributed by atoms with van der Waals surface area (Å²) in [6.45, 7) is 0. The average Bonchev–Trinajstić information content (AvgIpc) is 2.49. The molecule has 2 rings (SSSR count). The molecular formula is C17H20Cl2N2. The van der Waals surface area contributed by atoms with Gasteiger partial charge < -0.3 is 0 Å². The van der Waals surface area contributed by atoms with Crippen LogP contribution in [0.3, 0.4) is 0 Å². The molecule has 0 aliphatic heterocycles.